The van der Waals surface area contributed by atoms with Crippen molar-refractivity contribution in [2.45, 2.75) is 12.4 Å². The van der Waals surface area contributed by atoms with Gasteiger partial charge in [0.05, 0.1) is 16.8 Å². The number of aromatic nitrogens is 1. The SMILES string of the molecule is FC(F)(F)c1ccc(-c2ccc(Cl)nc2-c2ccc(C(F)(F)F)cc2)cc1. The van der Waals surface area contributed by atoms with Gasteiger partial charge in [0.2, 0.25) is 0 Å². The number of rotatable bonds is 2. The molecular weight excluding hydrogens is 392 g/mol. The minimum absolute atomic E-state index is 0.112. The maximum absolute atomic E-state index is 12.7. The van der Waals surface area contributed by atoms with Gasteiger partial charge in [-0.05, 0) is 42.0 Å². The van der Waals surface area contributed by atoms with Gasteiger partial charge in [-0.15, -0.1) is 0 Å². The lowest BCUT2D eigenvalue weighted by Gasteiger charge is -2.12. The first-order chi connectivity index (χ1) is 12.6. The van der Waals surface area contributed by atoms with Crippen LogP contribution < -0.4 is 0 Å². The average molecular weight is 402 g/mol. The summed E-state index contributed by atoms with van der Waals surface area (Å²) in [6, 6.07) is 11.8. The van der Waals surface area contributed by atoms with Crippen LogP contribution in [0.1, 0.15) is 11.1 Å². The molecule has 0 saturated heterocycles. The van der Waals surface area contributed by atoms with E-state index in [0.717, 1.165) is 24.3 Å². The van der Waals surface area contributed by atoms with Gasteiger partial charge in [0.1, 0.15) is 5.15 Å². The Bertz CT molecular complexity index is 944. The molecule has 0 radical (unpaired) electrons. The molecule has 140 valence electrons. The molecule has 0 amide bonds. The molecular formula is C19H10ClF6N. The van der Waals surface area contributed by atoms with Crippen LogP contribution in [-0.4, -0.2) is 4.98 Å². The topological polar surface area (TPSA) is 12.9 Å². The molecule has 0 N–H and O–H groups in total. The number of benzene rings is 2. The van der Waals surface area contributed by atoms with Crippen LogP contribution in [0.4, 0.5) is 26.3 Å². The predicted octanol–water partition coefficient (Wildman–Crippen LogP) is 7.11. The summed E-state index contributed by atoms with van der Waals surface area (Å²) in [5.74, 6) is 0. The summed E-state index contributed by atoms with van der Waals surface area (Å²) >= 11 is 5.90. The second kappa shape index (κ2) is 6.88. The zero-order valence-corrected chi connectivity index (χ0v) is 14.1. The van der Waals surface area contributed by atoms with Crippen LogP contribution in [0.15, 0.2) is 60.7 Å². The standard InChI is InChI=1S/C19H10ClF6N/c20-16-10-9-15(11-1-5-13(6-2-11)18(21,22)23)17(27-16)12-3-7-14(8-4-12)19(24,25)26/h1-10H. The third-order valence-corrected chi connectivity index (χ3v) is 4.08. The van der Waals surface area contributed by atoms with E-state index in [1.165, 1.54) is 30.3 Å². The van der Waals surface area contributed by atoms with E-state index in [9.17, 15) is 26.3 Å². The van der Waals surface area contributed by atoms with Gasteiger partial charge in [-0.2, -0.15) is 26.3 Å². The van der Waals surface area contributed by atoms with Crippen LogP contribution in [-0.2, 0) is 12.4 Å². The number of halogens is 7. The molecule has 0 aliphatic heterocycles. The van der Waals surface area contributed by atoms with Crippen molar-refractivity contribution >= 4 is 11.6 Å². The second-order valence-electron chi connectivity index (χ2n) is 5.68. The molecule has 0 bridgehead atoms. The van der Waals surface area contributed by atoms with E-state index in [0.29, 0.717) is 16.7 Å². The van der Waals surface area contributed by atoms with Crippen LogP contribution in [0.5, 0.6) is 0 Å². The van der Waals surface area contributed by atoms with E-state index in [1.54, 1.807) is 6.07 Å². The van der Waals surface area contributed by atoms with Crippen molar-refractivity contribution < 1.29 is 26.3 Å². The molecule has 8 heteroatoms. The smallest absolute Gasteiger partial charge is 0.235 e. The fourth-order valence-corrected chi connectivity index (χ4v) is 2.69. The van der Waals surface area contributed by atoms with Crippen molar-refractivity contribution in [1.29, 1.82) is 0 Å². The van der Waals surface area contributed by atoms with Gasteiger partial charge in [0.25, 0.3) is 0 Å². The van der Waals surface area contributed by atoms with Crippen molar-refractivity contribution in [3.05, 3.63) is 76.9 Å². The van der Waals surface area contributed by atoms with Crippen molar-refractivity contribution in [2.24, 2.45) is 0 Å². The highest BCUT2D eigenvalue weighted by Gasteiger charge is 2.31. The molecule has 1 heterocycles. The number of nitrogens with zero attached hydrogens (tertiary/aromatic N) is 1. The third-order valence-electron chi connectivity index (χ3n) is 3.87. The summed E-state index contributed by atoms with van der Waals surface area (Å²) in [5, 5.41) is 0.112. The van der Waals surface area contributed by atoms with Gasteiger partial charge >= 0.3 is 12.4 Å². The van der Waals surface area contributed by atoms with Crippen molar-refractivity contribution in [3.63, 3.8) is 0 Å². The van der Waals surface area contributed by atoms with Gasteiger partial charge in [-0.1, -0.05) is 35.9 Å². The van der Waals surface area contributed by atoms with Crippen LogP contribution in [0.2, 0.25) is 5.15 Å². The molecule has 0 spiro atoms. The van der Waals surface area contributed by atoms with E-state index in [1.807, 2.05) is 0 Å². The van der Waals surface area contributed by atoms with Crippen LogP contribution in [0, 0.1) is 0 Å². The first kappa shape index (κ1) is 19.2. The van der Waals surface area contributed by atoms with Gasteiger partial charge in [-0.25, -0.2) is 4.98 Å². The molecule has 1 aromatic heterocycles. The highest BCUT2D eigenvalue weighted by molar-refractivity contribution is 6.29. The van der Waals surface area contributed by atoms with E-state index >= 15 is 0 Å². The third kappa shape index (κ3) is 4.24. The Hall–Kier alpha value is -2.54. The van der Waals surface area contributed by atoms with Crippen molar-refractivity contribution in [3.8, 4) is 22.4 Å². The zero-order valence-electron chi connectivity index (χ0n) is 13.4. The van der Waals surface area contributed by atoms with E-state index < -0.39 is 23.5 Å². The van der Waals surface area contributed by atoms with Crippen LogP contribution >= 0.6 is 11.6 Å². The van der Waals surface area contributed by atoms with Gasteiger partial charge in [0.15, 0.2) is 0 Å². The minimum atomic E-state index is -4.48. The highest BCUT2D eigenvalue weighted by Crippen LogP contribution is 2.36. The summed E-state index contributed by atoms with van der Waals surface area (Å²) in [6.45, 7) is 0. The molecule has 0 aliphatic carbocycles. The lowest BCUT2D eigenvalue weighted by molar-refractivity contribution is -0.138. The maximum Gasteiger partial charge on any atom is 0.416 e. The summed E-state index contributed by atoms with van der Waals surface area (Å²) in [4.78, 5) is 4.14. The largest absolute Gasteiger partial charge is 0.416 e. The summed E-state index contributed by atoms with van der Waals surface area (Å²) < 4.78 is 76.4. The molecule has 27 heavy (non-hydrogen) atoms. The molecule has 2 aromatic carbocycles. The Morgan fingerprint density at radius 2 is 1.04 bits per heavy atom. The van der Waals surface area contributed by atoms with Gasteiger partial charge in [-0.3, -0.25) is 0 Å². The summed E-state index contributed by atoms with van der Waals surface area (Å²) in [6.07, 6.45) is -8.94. The highest BCUT2D eigenvalue weighted by atomic mass is 35.5. The number of hydrogen-bond acceptors (Lipinski definition) is 1. The Labute approximate surface area is 155 Å². The van der Waals surface area contributed by atoms with Crippen LogP contribution in [0.3, 0.4) is 0 Å². The Kier molecular flexibility index (Phi) is 4.90. The van der Waals surface area contributed by atoms with E-state index in [4.69, 9.17) is 11.6 Å². The van der Waals surface area contributed by atoms with Crippen molar-refractivity contribution in [2.75, 3.05) is 0 Å². The number of hydrogen-bond donors (Lipinski definition) is 0. The second-order valence-corrected chi connectivity index (χ2v) is 6.07. The Morgan fingerprint density at radius 3 is 1.48 bits per heavy atom. The monoisotopic (exact) mass is 401 g/mol. The molecule has 0 aliphatic rings. The molecule has 1 nitrogen and oxygen atoms in total. The first-order valence-corrected chi connectivity index (χ1v) is 7.95. The van der Waals surface area contributed by atoms with Crippen molar-refractivity contribution in [1.82, 2.24) is 4.98 Å². The fourth-order valence-electron chi connectivity index (χ4n) is 2.54. The molecule has 0 saturated carbocycles. The van der Waals surface area contributed by atoms with Gasteiger partial charge < -0.3 is 0 Å². The Balaban J connectivity index is 2.06. The predicted molar refractivity (Wildman–Crippen MR) is 90.1 cm³/mol. The average Bonchev–Trinajstić information content (AvgIpc) is 2.60. The van der Waals surface area contributed by atoms with E-state index in [2.05, 4.69) is 4.98 Å². The molecule has 0 fully saturated rings. The molecule has 0 atom stereocenters. The minimum Gasteiger partial charge on any atom is -0.235 e. The van der Waals surface area contributed by atoms with Gasteiger partial charge in [0, 0.05) is 11.1 Å². The van der Waals surface area contributed by atoms with E-state index in [-0.39, 0.29) is 10.8 Å². The summed E-state index contributed by atoms with van der Waals surface area (Å²) in [7, 11) is 0. The molecule has 3 rings (SSSR count). The number of alkyl halides is 6. The normalized spacial score (nSPS) is 12.3. The summed E-state index contributed by atoms with van der Waals surface area (Å²) in [5.41, 5.74) is -0.0973. The zero-order chi connectivity index (χ0) is 19.8. The lowest BCUT2D eigenvalue weighted by atomic mass is 9.98. The first-order valence-electron chi connectivity index (χ1n) is 7.57. The quantitative estimate of drug-likeness (QED) is 0.329. The molecule has 0 unspecified atom stereocenters. The van der Waals surface area contributed by atoms with Crippen LogP contribution in [0.25, 0.3) is 22.4 Å². The lowest BCUT2D eigenvalue weighted by Crippen LogP contribution is -2.04. The fraction of sp³-hybridized carbons (Fsp3) is 0.105. The maximum atomic E-state index is 12.7. The Morgan fingerprint density at radius 1 is 0.593 bits per heavy atom. The molecule has 3 aromatic rings. The number of pyridine rings is 1.